The van der Waals surface area contributed by atoms with Gasteiger partial charge in [0.1, 0.15) is 6.29 Å². The lowest BCUT2D eigenvalue weighted by atomic mass is 10.1. The van der Waals surface area contributed by atoms with Gasteiger partial charge in [-0.05, 0) is 24.5 Å². The minimum atomic E-state index is -0.300. The van der Waals surface area contributed by atoms with E-state index in [4.69, 9.17) is 0 Å². The fourth-order valence-corrected chi connectivity index (χ4v) is 1.09. The van der Waals surface area contributed by atoms with Gasteiger partial charge in [0.05, 0.1) is 6.67 Å². The number of carbonyl (C=O) groups is 1. The van der Waals surface area contributed by atoms with Crippen molar-refractivity contribution in [2.45, 2.75) is 12.8 Å². The quantitative estimate of drug-likeness (QED) is 0.628. The lowest BCUT2D eigenvalue weighted by Crippen LogP contribution is -1.88. The first-order chi connectivity index (χ1) is 5.86. The summed E-state index contributed by atoms with van der Waals surface area (Å²) in [5.74, 6) is 0. The van der Waals surface area contributed by atoms with E-state index in [1.165, 1.54) is 0 Å². The van der Waals surface area contributed by atoms with Crippen molar-refractivity contribution in [3.05, 3.63) is 35.4 Å². The molecular weight excluding hydrogens is 155 g/mol. The zero-order valence-electron chi connectivity index (χ0n) is 6.79. The Hall–Kier alpha value is -1.18. The predicted molar refractivity (Wildman–Crippen MR) is 46.1 cm³/mol. The van der Waals surface area contributed by atoms with Gasteiger partial charge in [-0.25, -0.2) is 0 Å². The Kier molecular flexibility index (Phi) is 3.45. The van der Waals surface area contributed by atoms with E-state index in [1.807, 2.05) is 12.1 Å². The van der Waals surface area contributed by atoms with Gasteiger partial charge in [-0.3, -0.25) is 9.18 Å². The summed E-state index contributed by atoms with van der Waals surface area (Å²) in [5.41, 5.74) is 1.68. The average molecular weight is 166 g/mol. The zero-order chi connectivity index (χ0) is 8.81. The first-order valence-electron chi connectivity index (χ1n) is 3.97. The van der Waals surface area contributed by atoms with Gasteiger partial charge in [0.15, 0.2) is 0 Å². The molecule has 0 saturated carbocycles. The number of carbonyl (C=O) groups excluding carboxylic acids is 1. The SMILES string of the molecule is O=Cc1cccc(CCCF)c1. The van der Waals surface area contributed by atoms with Crippen LogP contribution in [0.3, 0.4) is 0 Å². The highest BCUT2D eigenvalue weighted by Crippen LogP contribution is 2.05. The van der Waals surface area contributed by atoms with Crippen LogP contribution in [0.15, 0.2) is 24.3 Å². The smallest absolute Gasteiger partial charge is 0.150 e. The molecule has 1 aromatic rings. The first-order valence-corrected chi connectivity index (χ1v) is 3.97. The number of aryl methyl sites for hydroxylation is 1. The normalized spacial score (nSPS) is 9.75. The number of hydrogen-bond acceptors (Lipinski definition) is 1. The summed E-state index contributed by atoms with van der Waals surface area (Å²) in [5, 5.41) is 0. The van der Waals surface area contributed by atoms with Crippen LogP contribution in [0.25, 0.3) is 0 Å². The molecule has 0 aliphatic rings. The van der Waals surface area contributed by atoms with Crippen molar-refractivity contribution in [1.82, 2.24) is 0 Å². The molecule has 0 spiro atoms. The molecule has 0 amide bonds. The topological polar surface area (TPSA) is 17.1 Å². The van der Waals surface area contributed by atoms with Crippen molar-refractivity contribution >= 4 is 6.29 Å². The van der Waals surface area contributed by atoms with Crippen LogP contribution in [0, 0.1) is 0 Å². The van der Waals surface area contributed by atoms with Crippen LogP contribution < -0.4 is 0 Å². The maximum atomic E-state index is 11.8. The van der Waals surface area contributed by atoms with Crippen LogP contribution in [0.2, 0.25) is 0 Å². The van der Waals surface area contributed by atoms with E-state index in [2.05, 4.69) is 0 Å². The Morgan fingerprint density at radius 3 is 2.92 bits per heavy atom. The molecule has 0 unspecified atom stereocenters. The summed E-state index contributed by atoms with van der Waals surface area (Å²) in [6.45, 7) is -0.300. The van der Waals surface area contributed by atoms with Crippen LogP contribution in [-0.2, 0) is 6.42 Å². The maximum Gasteiger partial charge on any atom is 0.150 e. The van der Waals surface area contributed by atoms with Crippen LogP contribution in [0.4, 0.5) is 4.39 Å². The monoisotopic (exact) mass is 166 g/mol. The van der Waals surface area contributed by atoms with Gasteiger partial charge in [-0.2, -0.15) is 0 Å². The fraction of sp³-hybridized carbons (Fsp3) is 0.300. The molecule has 1 nitrogen and oxygen atoms in total. The van der Waals surface area contributed by atoms with Crippen molar-refractivity contribution in [2.24, 2.45) is 0 Å². The van der Waals surface area contributed by atoms with Gasteiger partial charge in [0.2, 0.25) is 0 Å². The average Bonchev–Trinajstić information content (AvgIpc) is 2.15. The highest BCUT2D eigenvalue weighted by Gasteiger charge is 1.94. The Balaban J connectivity index is 2.66. The van der Waals surface area contributed by atoms with E-state index in [0.717, 1.165) is 11.8 Å². The zero-order valence-corrected chi connectivity index (χ0v) is 6.79. The number of benzene rings is 1. The number of alkyl halides is 1. The highest BCUT2D eigenvalue weighted by atomic mass is 19.1. The van der Waals surface area contributed by atoms with Gasteiger partial charge >= 0.3 is 0 Å². The van der Waals surface area contributed by atoms with Gasteiger partial charge in [-0.15, -0.1) is 0 Å². The summed E-state index contributed by atoms with van der Waals surface area (Å²) >= 11 is 0. The van der Waals surface area contributed by atoms with Gasteiger partial charge in [0.25, 0.3) is 0 Å². The van der Waals surface area contributed by atoms with Gasteiger partial charge < -0.3 is 0 Å². The highest BCUT2D eigenvalue weighted by molar-refractivity contribution is 5.74. The Labute approximate surface area is 71.2 Å². The maximum absolute atomic E-state index is 11.8. The van der Waals surface area contributed by atoms with Gasteiger partial charge in [0, 0.05) is 5.56 Å². The summed E-state index contributed by atoms with van der Waals surface area (Å²) in [7, 11) is 0. The molecule has 0 saturated heterocycles. The Morgan fingerprint density at radius 2 is 2.25 bits per heavy atom. The Bertz CT molecular complexity index is 258. The summed E-state index contributed by atoms with van der Waals surface area (Å²) in [4.78, 5) is 10.4. The van der Waals surface area contributed by atoms with Crippen molar-refractivity contribution in [1.29, 1.82) is 0 Å². The molecule has 0 bridgehead atoms. The van der Waals surface area contributed by atoms with E-state index in [-0.39, 0.29) is 6.67 Å². The molecule has 0 heterocycles. The molecule has 2 heteroatoms. The van der Waals surface area contributed by atoms with Crippen molar-refractivity contribution in [3.8, 4) is 0 Å². The lowest BCUT2D eigenvalue weighted by Gasteiger charge is -1.98. The molecule has 0 atom stereocenters. The van der Waals surface area contributed by atoms with E-state index in [0.29, 0.717) is 18.4 Å². The minimum Gasteiger partial charge on any atom is -0.298 e. The second-order valence-corrected chi connectivity index (χ2v) is 2.66. The molecule has 0 aliphatic heterocycles. The molecule has 1 aromatic carbocycles. The summed E-state index contributed by atoms with van der Waals surface area (Å²) in [6, 6.07) is 7.26. The van der Waals surface area contributed by atoms with E-state index >= 15 is 0 Å². The second kappa shape index (κ2) is 4.65. The summed E-state index contributed by atoms with van der Waals surface area (Å²) < 4.78 is 11.8. The lowest BCUT2D eigenvalue weighted by molar-refractivity contribution is 0.112. The molecule has 0 fully saturated rings. The number of rotatable bonds is 4. The molecule has 0 N–H and O–H groups in total. The molecule has 0 aliphatic carbocycles. The van der Waals surface area contributed by atoms with Crippen molar-refractivity contribution in [3.63, 3.8) is 0 Å². The summed E-state index contributed by atoms with van der Waals surface area (Å²) in [6.07, 6.45) is 2.04. The largest absolute Gasteiger partial charge is 0.298 e. The number of hydrogen-bond donors (Lipinski definition) is 0. The fourth-order valence-electron chi connectivity index (χ4n) is 1.09. The minimum absolute atomic E-state index is 0.300. The van der Waals surface area contributed by atoms with E-state index < -0.39 is 0 Å². The number of aldehydes is 1. The predicted octanol–water partition coefficient (Wildman–Crippen LogP) is 2.40. The van der Waals surface area contributed by atoms with E-state index in [1.54, 1.807) is 12.1 Å². The van der Waals surface area contributed by atoms with Crippen molar-refractivity contribution < 1.29 is 9.18 Å². The van der Waals surface area contributed by atoms with E-state index in [9.17, 15) is 9.18 Å². The van der Waals surface area contributed by atoms with Crippen LogP contribution in [0.5, 0.6) is 0 Å². The van der Waals surface area contributed by atoms with Crippen LogP contribution in [-0.4, -0.2) is 13.0 Å². The second-order valence-electron chi connectivity index (χ2n) is 2.66. The van der Waals surface area contributed by atoms with Crippen molar-refractivity contribution in [2.75, 3.05) is 6.67 Å². The number of halogens is 1. The van der Waals surface area contributed by atoms with Gasteiger partial charge in [-0.1, -0.05) is 18.2 Å². The molecule has 64 valence electrons. The Morgan fingerprint density at radius 1 is 1.42 bits per heavy atom. The molecule has 1 rings (SSSR count). The standard InChI is InChI=1S/C10H11FO/c11-6-2-5-9-3-1-4-10(7-9)8-12/h1,3-4,7-8H,2,5-6H2. The van der Waals surface area contributed by atoms with Crippen LogP contribution >= 0.6 is 0 Å². The molecular formula is C10H11FO. The molecule has 12 heavy (non-hydrogen) atoms. The molecule has 0 radical (unpaired) electrons. The third kappa shape index (κ3) is 2.46. The third-order valence-electron chi connectivity index (χ3n) is 1.69. The third-order valence-corrected chi connectivity index (χ3v) is 1.69. The first kappa shape index (κ1) is 8.91. The van der Waals surface area contributed by atoms with Crippen LogP contribution in [0.1, 0.15) is 22.3 Å². The molecule has 0 aromatic heterocycles.